The van der Waals surface area contributed by atoms with E-state index in [1.54, 1.807) is 13.8 Å². The maximum absolute atomic E-state index is 12.1. The van der Waals surface area contributed by atoms with E-state index in [0.717, 1.165) is 9.13 Å². The Labute approximate surface area is 112 Å². The summed E-state index contributed by atoms with van der Waals surface area (Å²) in [5, 5.41) is 0.814. The predicted octanol–water partition coefficient (Wildman–Crippen LogP) is -0.0478. The van der Waals surface area contributed by atoms with Crippen molar-refractivity contribution < 1.29 is 0 Å². The summed E-state index contributed by atoms with van der Waals surface area (Å²) in [6.07, 6.45) is 0. The van der Waals surface area contributed by atoms with Crippen LogP contribution in [0.4, 0.5) is 0 Å². The monoisotopic (exact) mass is 272 g/mol. The summed E-state index contributed by atoms with van der Waals surface area (Å²) in [6.45, 7) is 3.93. The lowest BCUT2D eigenvalue weighted by Crippen LogP contribution is -2.24. The van der Waals surface area contributed by atoms with Crippen LogP contribution in [0, 0.1) is 0 Å². The number of hydrogen-bond donors (Lipinski definition) is 0. The normalized spacial score (nSPS) is 11.7. The molecule has 6 nitrogen and oxygen atoms in total. The quantitative estimate of drug-likeness (QED) is 0.655. The van der Waals surface area contributed by atoms with Crippen LogP contribution in [-0.2, 0) is 13.1 Å². The number of hydrogen-bond acceptors (Lipinski definition) is 4. The van der Waals surface area contributed by atoms with Gasteiger partial charge < -0.3 is 0 Å². The zero-order valence-corrected chi connectivity index (χ0v) is 11.1. The van der Waals surface area contributed by atoms with Gasteiger partial charge in [-0.3, -0.25) is 28.3 Å². The van der Waals surface area contributed by atoms with Gasteiger partial charge in [-0.1, -0.05) is 0 Å². The van der Waals surface area contributed by atoms with Gasteiger partial charge in [0, 0.05) is 13.1 Å². The SMILES string of the molecule is CCn1c(=O)c2cc3c(=O)n(CC)c(=O)c3cc2c1=O. The summed E-state index contributed by atoms with van der Waals surface area (Å²) in [5.74, 6) is 0. The summed E-state index contributed by atoms with van der Waals surface area (Å²) in [5.41, 5.74) is -1.65. The molecule has 0 N–H and O–H groups in total. The highest BCUT2D eigenvalue weighted by Crippen LogP contribution is 2.14. The highest BCUT2D eigenvalue weighted by atomic mass is 16.2. The van der Waals surface area contributed by atoms with Gasteiger partial charge in [-0.2, -0.15) is 0 Å². The second-order valence-electron chi connectivity index (χ2n) is 4.65. The van der Waals surface area contributed by atoms with E-state index in [9.17, 15) is 19.2 Å². The van der Waals surface area contributed by atoms with Crippen LogP contribution in [0.1, 0.15) is 13.8 Å². The molecule has 0 atom stereocenters. The Morgan fingerprint density at radius 1 is 0.650 bits per heavy atom. The topological polar surface area (TPSA) is 78.1 Å². The molecule has 6 heteroatoms. The Morgan fingerprint density at radius 3 is 1.10 bits per heavy atom. The first-order valence-corrected chi connectivity index (χ1v) is 6.41. The van der Waals surface area contributed by atoms with Crippen LogP contribution in [0.3, 0.4) is 0 Å². The smallest absolute Gasteiger partial charge is 0.261 e. The fourth-order valence-corrected chi connectivity index (χ4v) is 2.65. The fraction of sp³-hybridized carbons (Fsp3) is 0.286. The van der Waals surface area contributed by atoms with Crippen LogP contribution in [-0.4, -0.2) is 9.13 Å². The van der Waals surface area contributed by atoms with E-state index >= 15 is 0 Å². The van der Waals surface area contributed by atoms with Gasteiger partial charge >= 0.3 is 0 Å². The predicted molar refractivity (Wildman–Crippen MR) is 76.2 cm³/mol. The van der Waals surface area contributed by atoms with Crippen LogP contribution in [0.5, 0.6) is 0 Å². The molecule has 0 aliphatic heterocycles. The molecule has 2 aromatic heterocycles. The van der Waals surface area contributed by atoms with Gasteiger partial charge in [-0.05, 0) is 26.0 Å². The molecular formula is C14H12N2O4. The molecule has 0 aliphatic rings. The van der Waals surface area contributed by atoms with Gasteiger partial charge in [0.05, 0.1) is 21.5 Å². The second-order valence-corrected chi connectivity index (χ2v) is 4.65. The molecule has 3 aromatic rings. The standard InChI is InChI=1S/C14H12N2O4/c1-3-15-11(17)7-5-9-10(6-8(7)12(15)18)14(20)16(4-2)13(9)19/h5-6H,3-4H2,1-2H3. The Bertz CT molecular complexity index is 885. The Kier molecular flexibility index (Phi) is 2.50. The molecular weight excluding hydrogens is 260 g/mol. The zero-order chi connectivity index (χ0) is 14.6. The second kappa shape index (κ2) is 4.00. The van der Waals surface area contributed by atoms with Crippen molar-refractivity contribution >= 4 is 21.5 Å². The number of aromatic nitrogens is 2. The average Bonchev–Trinajstić information content (AvgIpc) is 2.82. The van der Waals surface area contributed by atoms with E-state index in [-0.39, 0.29) is 34.6 Å². The van der Waals surface area contributed by atoms with Crippen LogP contribution >= 0.6 is 0 Å². The molecule has 102 valence electrons. The van der Waals surface area contributed by atoms with Crippen molar-refractivity contribution in [2.75, 3.05) is 0 Å². The molecule has 0 amide bonds. The molecule has 0 radical (unpaired) electrons. The Hall–Kier alpha value is -2.50. The summed E-state index contributed by atoms with van der Waals surface area (Å²) in [4.78, 5) is 48.3. The largest absolute Gasteiger partial charge is 0.275 e. The van der Waals surface area contributed by atoms with Crippen molar-refractivity contribution in [1.29, 1.82) is 0 Å². The molecule has 0 spiro atoms. The molecule has 0 saturated carbocycles. The lowest BCUT2D eigenvalue weighted by molar-refractivity contribution is 0.721. The van der Waals surface area contributed by atoms with Gasteiger partial charge in [0.15, 0.2) is 0 Å². The Balaban J connectivity index is 2.64. The third kappa shape index (κ3) is 1.33. The minimum Gasteiger partial charge on any atom is -0.275 e. The van der Waals surface area contributed by atoms with Crippen LogP contribution in [0.2, 0.25) is 0 Å². The third-order valence-electron chi connectivity index (χ3n) is 3.69. The first-order valence-electron chi connectivity index (χ1n) is 6.41. The molecule has 1 aromatic carbocycles. The maximum Gasteiger partial charge on any atom is 0.261 e. The van der Waals surface area contributed by atoms with Crippen LogP contribution in [0.15, 0.2) is 31.3 Å². The lowest BCUT2D eigenvalue weighted by atomic mass is 10.1. The van der Waals surface area contributed by atoms with Crippen molar-refractivity contribution in [3.05, 3.63) is 53.5 Å². The molecule has 3 rings (SSSR count). The minimum atomic E-state index is -0.412. The molecule has 20 heavy (non-hydrogen) atoms. The summed E-state index contributed by atoms with van der Waals surface area (Å²) < 4.78 is 2.21. The highest BCUT2D eigenvalue weighted by Gasteiger charge is 2.18. The van der Waals surface area contributed by atoms with E-state index in [0.29, 0.717) is 0 Å². The maximum atomic E-state index is 12.1. The van der Waals surface area contributed by atoms with Crippen LogP contribution < -0.4 is 22.2 Å². The van der Waals surface area contributed by atoms with Gasteiger partial charge in [0.25, 0.3) is 22.2 Å². The van der Waals surface area contributed by atoms with E-state index in [4.69, 9.17) is 0 Å². The van der Waals surface area contributed by atoms with E-state index < -0.39 is 22.2 Å². The minimum absolute atomic E-state index is 0.203. The fourth-order valence-electron chi connectivity index (χ4n) is 2.65. The molecule has 0 fully saturated rings. The zero-order valence-electron chi connectivity index (χ0n) is 11.1. The van der Waals surface area contributed by atoms with Crippen molar-refractivity contribution in [2.24, 2.45) is 0 Å². The van der Waals surface area contributed by atoms with Gasteiger partial charge in [-0.15, -0.1) is 0 Å². The first-order chi connectivity index (χ1) is 9.51. The highest BCUT2D eigenvalue weighted by molar-refractivity contribution is 5.97. The summed E-state index contributed by atoms with van der Waals surface area (Å²) in [6, 6.07) is 2.74. The number of rotatable bonds is 2. The molecule has 0 bridgehead atoms. The van der Waals surface area contributed by atoms with E-state index in [1.165, 1.54) is 12.1 Å². The number of fused-ring (bicyclic) bond motifs is 2. The lowest BCUT2D eigenvalue weighted by Gasteiger charge is -1.89. The first kappa shape index (κ1) is 12.5. The van der Waals surface area contributed by atoms with Crippen molar-refractivity contribution in [3.63, 3.8) is 0 Å². The van der Waals surface area contributed by atoms with E-state index in [1.807, 2.05) is 0 Å². The third-order valence-corrected chi connectivity index (χ3v) is 3.69. The summed E-state index contributed by atoms with van der Waals surface area (Å²) >= 11 is 0. The van der Waals surface area contributed by atoms with E-state index in [2.05, 4.69) is 0 Å². The number of benzene rings is 1. The van der Waals surface area contributed by atoms with Gasteiger partial charge in [0.1, 0.15) is 0 Å². The molecule has 0 saturated heterocycles. The van der Waals surface area contributed by atoms with Gasteiger partial charge in [0.2, 0.25) is 0 Å². The summed E-state index contributed by atoms with van der Waals surface area (Å²) in [7, 11) is 0. The Morgan fingerprint density at radius 2 is 0.900 bits per heavy atom. The molecule has 0 aliphatic carbocycles. The van der Waals surface area contributed by atoms with Crippen LogP contribution in [0.25, 0.3) is 21.5 Å². The average molecular weight is 272 g/mol. The van der Waals surface area contributed by atoms with Gasteiger partial charge in [-0.25, -0.2) is 0 Å². The van der Waals surface area contributed by atoms with Crippen molar-refractivity contribution in [3.8, 4) is 0 Å². The van der Waals surface area contributed by atoms with Crippen molar-refractivity contribution in [1.82, 2.24) is 9.13 Å². The van der Waals surface area contributed by atoms with Crippen molar-refractivity contribution in [2.45, 2.75) is 26.9 Å². The number of nitrogens with zero attached hydrogens (tertiary/aromatic N) is 2. The molecule has 2 heterocycles. The molecule has 0 unspecified atom stereocenters.